The average molecular weight is 386 g/mol. The van der Waals surface area contributed by atoms with Crippen molar-refractivity contribution in [3.63, 3.8) is 0 Å². The van der Waals surface area contributed by atoms with Gasteiger partial charge in [0.25, 0.3) is 11.8 Å². The molecule has 1 aliphatic rings. The van der Waals surface area contributed by atoms with Crippen molar-refractivity contribution in [2.75, 3.05) is 5.32 Å². The van der Waals surface area contributed by atoms with Gasteiger partial charge in [0.2, 0.25) is 0 Å². The monoisotopic (exact) mass is 386 g/mol. The first-order chi connectivity index (χ1) is 14.2. The summed E-state index contributed by atoms with van der Waals surface area (Å²) in [5.41, 5.74) is 2.44. The van der Waals surface area contributed by atoms with E-state index < -0.39 is 0 Å². The lowest BCUT2D eigenvalue weighted by atomic mass is 10.1. The normalized spacial score (nSPS) is 12.8. The third-order valence-electron chi connectivity index (χ3n) is 4.69. The van der Waals surface area contributed by atoms with Gasteiger partial charge in [-0.3, -0.25) is 9.59 Å². The molecule has 5 heteroatoms. The summed E-state index contributed by atoms with van der Waals surface area (Å²) in [6.07, 6.45) is 2.06. The number of rotatable bonds is 7. The summed E-state index contributed by atoms with van der Waals surface area (Å²) >= 11 is 0. The van der Waals surface area contributed by atoms with Crippen LogP contribution in [0.1, 0.15) is 39.1 Å². The highest BCUT2D eigenvalue weighted by molar-refractivity contribution is 6.06. The first kappa shape index (κ1) is 18.7. The smallest absolute Gasteiger partial charge is 0.256 e. The van der Waals surface area contributed by atoms with E-state index in [2.05, 4.69) is 10.6 Å². The molecule has 4 rings (SSSR count). The van der Waals surface area contributed by atoms with E-state index >= 15 is 0 Å². The fraction of sp³-hybridized carbons (Fsp3) is 0.167. The van der Waals surface area contributed by atoms with Gasteiger partial charge in [0.05, 0.1) is 0 Å². The van der Waals surface area contributed by atoms with Crippen LogP contribution in [0.3, 0.4) is 0 Å². The molecule has 0 atom stereocenters. The number of carbonyl (C=O) groups excluding carboxylic acids is 2. The van der Waals surface area contributed by atoms with E-state index in [1.807, 2.05) is 48.5 Å². The Morgan fingerprint density at radius 2 is 1.62 bits per heavy atom. The molecule has 0 bridgehead atoms. The van der Waals surface area contributed by atoms with Crippen molar-refractivity contribution in [1.29, 1.82) is 0 Å². The van der Waals surface area contributed by atoms with Crippen molar-refractivity contribution in [2.24, 2.45) is 0 Å². The molecule has 29 heavy (non-hydrogen) atoms. The lowest BCUT2D eigenvalue weighted by Crippen LogP contribution is -2.25. The molecule has 0 heterocycles. The number of carbonyl (C=O) groups is 2. The van der Waals surface area contributed by atoms with Crippen LogP contribution < -0.4 is 15.4 Å². The molecule has 1 aliphatic carbocycles. The lowest BCUT2D eigenvalue weighted by molar-refractivity contribution is 0.0949. The number of para-hydroxylation sites is 1. The van der Waals surface area contributed by atoms with Gasteiger partial charge < -0.3 is 15.4 Å². The second-order valence-electron chi connectivity index (χ2n) is 7.04. The van der Waals surface area contributed by atoms with E-state index in [9.17, 15) is 9.59 Å². The van der Waals surface area contributed by atoms with Crippen LogP contribution >= 0.6 is 0 Å². The third-order valence-corrected chi connectivity index (χ3v) is 4.69. The highest BCUT2D eigenvalue weighted by Gasteiger charge is 2.23. The van der Waals surface area contributed by atoms with Crippen LogP contribution in [0.15, 0.2) is 78.9 Å². The molecule has 0 spiro atoms. The maximum absolute atomic E-state index is 12.8. The maximum atomic E-state index is 12.8. The van der Waals surface area contributed by atoms with Crippen LogP contribution in [0, 0.1) is 0 Å². The Bertz CT molecular complexity index is 1010. The van der Waals surface area contributed by atoms with Crippen molar-refractivity contribution >= 4 is 17.5 Å². The standard InChI is InChI=1S/C24H22N2O3/c27-23(25-19-13-14-19)17-8-6-9-20(15-17)26-24(28)22-12-5-4-7-18(22)16-29-21-10-2-1-3-11-21/h1-12,15,19H,13-14,16H2,(H,25,27)(H,26,28). The summed E-state index contributed by atoms with van der Waals surface area (Å²) in [5, 5.41) is 5.84. The Morgan fingerprint density at radius 1 is 0.862 bits per heavy atom. The van der Waals surface area contributed by atoms with Crippen molar-refractivity contribution in [2.45, 2.75) is 25.5 Å². The van der Waals surface area contributed by atoms with Crippen LogP contribution in [0.5, 0.6) is 5.75 Å². The van der Waals surface area contributed by atoms with Gasteiger partial charge in [-0.15, -0.1) is 0 Å². The molecule has 0 aliphatic heterocycles. The maximum Gasteiger partial charge on any atom is 0.256 e. The molecule has 1 saturated carbocycles. The van der Waals surface area contributed by atoms with Gasteiger partial charge in [0, 0.05) is 28.4 Å². The van der Waals surface area contributed by atoms with Gasteiger partial charge in [-0.2, -0.15) is 0 Å². The zero-order chi connectivity index (χ0) is 20.1. The molecule has 0 radical (unpaired) electrons. The van der Waals surface area contributed by atoms with E-state index in [0.717, 1.165) is 24.2 Å². The summed E-state index contributed by atoms with van der Waals surface area (Å²) in [5.74, 6) is 0.398. The summed E-state index contributed by atoms with van der Waals surface area (Å²) < 4.78 is 5.79. The second kappa shape index (κ2) is 8.61. The van der Waals surface area contributed by atoms with Crippen LogP contribution in [0.2, 0.25) is 0 Å². The molecule has 3 aromatic rings. The number of ether oxygens (including phenoxy) is 1. The van der Waals surface area contributed by atoms with Gasteiger partial charge in [-0.25, -0.2) is 0 Å². The quantitative estimate of drug-likeness (QED) is 0.632. The molecule has 146 valence electrons. The predicted molar refractivity (Wildman–Crippen MR) is 112 cm³/mol. The highest BCUT2D eigenvalue weighted by Crippen LogP contribution is 2.21. The number of hydrogen-bond acceptors (Lipinski definition) is 3. The Hall–Kier alpha value is -3.60. The van der Waals surface area contributed by atoms with E-state index in [-0.39, 0.29) is 24.5 Å². The molecule has 0 saturated heterocycles. The van der Waals surface area contributed by atoms with Crippen LogP contribution in [-0.2, 0) is 6.61 Å². The fourth-order valence-electron chi connectivity index (χ4n) is 2.98. The van der Waals surface area contributed by atoms with E-state index in [0.29, 0.717) is 16.8 Å². The molecule has 2 amide bonds. The minimum Gasteiger partial charge on any atom is -0.489 e. The zero-order valence-electron chi connectivity index (χ0n) is 15.9. The van der Waals surface area contributed by atoms with Gasteiger partial charge >= 0.3 is 0 Å². The van der Waals surface area contributed by atoms with E-state index in [1.165, 1.54) is 0 Å². The predicted octanol–water partition coefficient (Wildman–Crippen LogP) is 4.41. The number of anilines is 1. The minimum absolute atomic E-state index is 0.111. The summed E-state index contributed by atoms with van der Waals surface area (Å²) in [6.45, 7) is 0.289. The lowest BCUT2D eigenvalue weighted by Gasteiger charge is -2.12. The third kappa shape index (κ3) is 5.02. The van der Waals surface area contributed by atoms with Crippen LogP contribution in [0.25, 0.3) is 0 Å². The molecule has 5 nitrogen and oxygen atoms in total. The SMILES string of the molecule is O=C(NC1CC1)c1cccc(NC(=O)c2ccccc2COc2ccccc2)c1. The molecule has 0 aromatic heterocycles. The van der Waals surface area contributed by atoms with Crippen molar-refractivity contribution in [3.05, 3.63) is 95.6 Å². The fourth-order valence-corrected chi connectivity index (χ4v) is 2.98. The molecule has 1 fully saturated rings. The van der Waals surface area contributed by atoms with Crippen molar-refractivity contribution < 1.29 is 14.3 Å². The summed E-state index contributed by atoms with van der Waals surface area (Å²) in [6, 6.07) is 24.1. The molecular formula is C24H22N2O3. The molecular weight excluding hydrogens is 364 g/mol. The van der Waals surface area contributed by atoms with Gasteiger partial charge in [-0.1, -0.05) is 42.5 Å². The first-order valence-corrected chi connectivity index (χ1v) is 9.67. The molecule has 0 unspecified atom stereocenters. The van der Waals surface area contributed by atoms with Crippen molar-refractivity contribution in [3.8, 4) is 5.75 Å². The highest BCUT2D eigenvalue weighted by atomic mass is 16.5. The van der Waals surface area contributed by atoms with E-state index in [1.54, 1.807) is 30.3 Å². The minimum atomic E-state index is -0.239. The number of benzene rings is 3. The largest absolute Gasteiger partial charge is 0.489 e. The Kier molecular flexibility index (Phi) is 5.56. The Labute approximate surface area is 169 Å². The van der Waals surface area contributed by atoms with Gasteiger partial charge in [0.1, 0.15) is 12.4 Å². The second-order valence-corrected chi connectivity index (χ2v) is 7.04. The van der Waals surface area contributed by atoms with Crippen LogP contribution in [0.4, 0.5) is 5.69 Å². The number of nitrogens with one attached hydrogen (secondary N) is 2. The number of amides is 2. The Morgan fingerprint density at radius 3 is 2.41 bits per heavy atom. The van der Waals surface area contributed by atoms with Gasteiger partial charge in [-0.05, 0) is 49.2 Å². The Balaban J connectivity index is 1.45. The molecule has 3 aromatic carbocycles. The average Bonchev–Trinajstić information content (AvgIpc) is 3.57. The van der Waals surface area contributed by atoms with Crippen LogP contribution in [-0.4, -0.2) is 17.9 Å². The van der Waals surface area contributed by atoms with E-state index in [4.69, 9.17) is 4.74 Å². The summed E-state index contributed by atoms with van der Waals surface area (Å²) in [4.78, 5) is 25.1. The first-order valence-electron chi connectivity index (χ1n) is 9.67. The van der Waals surface area contributed by atoms with Gasteiger partial charge in [0.15, 0.2) is 0 Å². The topological polar surface area (TPSA) is 67.4 Å². The van der Waals surface area contributed by atoms with Crippen molar-refractivity contribution in [1.82, 2.24) is 5.32 Å². The molecule has 2 N–H and O–H groups in total. The summed E-state index contributed by atoms with van der Waals surface area (Å²) in [7, 11) is 0. The number of hydrogen-bond donors (Lipinski definition) is 2. The zero-order valence-corrected chi connectivity index (χ0v) is 15.9.